The van der Waals surface area contributed by atoms with Crippen molar-refractivity contribution in [2.24, 2.45) is 11.8 Å². The molecule has 4 rings (SSSR count). The molecule has 0 amide bonds. The monoisotopic (exact) mass is 264 g/mol. The molecule has 0 spiro atoms. The summed E-state index contributed by atoms with van der Waals surface area (Å²) in [5.41, 5.74) is 2.85. The Morgan fingerprint density at radius 3 is 1.40 bits per heavy atom. The Bertz CT molecular complexity index is 513. The Balaban J connectivity index is 1.59. The first kappa shape index (κ1) is 12.1. The van der Waals surface area contributed by atoms with E-state index in [4.69, 9.17) is 0 Å². The molecule has 4 atom stereocenters. The van der Waals surface area contributed by atoms with Crippen LogP contribution in [0.15, 0.2) is 60.7 Å². The van der Waals surface area contributed by atoms with Crippen LogP contribution >= 0.6 is 0 Å². The van der Waals surface area contributed by atoms with Crippen LogP contribution in [0.2, 0.25) is 0 Å². The zero-order valence-corrected chi connectivity index (χ0v) is 11.5. The van der Waals surface area contributed by atoms with Crippen LogP contribution < -0.4 is 10.6 Å². The van der Waals surface area contributed by atoms with E-state index >= 15 is 0 Å². The van der Waals surface area contributed by atoms with Crippen molar-refractivity contribution in [1.29, 1.82) is 0 Å². The zero-order valence-electron chi connectivity index (χ0n) is 11.5. The minimum atomic E-state index is 0.502. The summed E-state index contributed by atoms with van der Waals surface area (Å²) in [4.78, 5) is 0. The lowest BCUT2D eigenvalue weighted by atomic mass is 9.85. The number of hydrogen-bond donors (Lipinski definition) is 2. The second-order valence-corrected chi connectivity index (χ2v) is 5.92. The van der Waals surface area contributed by atoms with Gasteiger partial charge in [-0.1, -0.05) is 60.7 Å². The predicted octanol–water partition coefficient (Wildman–Crippen LogP) is 2.91. The highest BCUT2D eigenvalue weighted by molar-refractivity contribution is 5.27. The molecular formula is C18H20N2. The topological polar surface area (TPSA) is 24.1 Å². The lowest BCUT2D eigenvalue weighted by Crippen LogP contribution is -2.25. The Kier molecular flexibility index (Phi) is 3.06. The first-order valence-electron chi connectivity index (χ1n) is 7.50. The van der Waals surface area contributed by atoms with Gasteiger partial charge in [0.2, 0.25) is 0 Å². The van der Waals surface area contributed by atoms with Crippen molar-refractivity contribution in [1.82, 2.24) is 10.6 Å². The lowest BCUT2D eigenvalue weighted by molar-refractivity contribution is 0.420. The van der Waals surface area contributed by atoms with E-state index in [0.717, 1.165) is 13.1 Å². The first-order valence-corrected chi connectivity index (χ1v) is 7.50. The molecule has 0 saturated carbocycles. The van der Waals surface area contributed by atoms with E-state index in [-0.39, 0.29) is 0 Å². The van der Waals surface area contributed by atoms with Gasteiger partial charge in [-0.15, -0.1) is 0 Å². The fraction of sp³-hybridized carbons (Fsp3) is 0.333. The first-order chi connectivity index (χ1) is 9.93. The third kappa shape index (κ3) is 1.96. The van der Waals surface area contributed by atoms with Gasteiger partial charge in [-0.05, 0) is 23.0 Å². The molecule has 4 unspecified atom stereocenters. The summed E-state index contributed by atoms with van der Waals surface area (Å²) in [6, 6.07) is 22.7. The van der Waals surface area contributed by atoms with Gasteiger partial charge in [-0.2, -0.15) is 0 Å². The van der Waals surface area contributed by atoms with Crippen molar-refractivity contribution in [3.8, 4) is 0 Å². The third-order valence-corrected chi connectivity index (χ3v) is 4.87. The summed E-state index contributed by atoms with van der Waals surface area (Å²) >= 11 is 0. The van der Waals surface area contributed by atoms with Crippen LogP contribution in [0, 0.1) is 11.8 Å². The average molecular weight is 264 g/mol. The van der Waals surface area contributed by atoms with Crippen molar-refractivity contribution in [3.05, 3.63) is 71.8 Å². The van der Waals surface area contributed by atoms with Crippen molar-refractivity contribution in [2.75, 3.05) is 13.1 Å². The summed E-state index contributed by atoms with van der Waals surface area (Å²) in [5.74, 6) is 1.39. The van der Waals surface area contributed by atoms with Crippen molar-refractivity contribution >= 4 is 0 Å². The zero-order chi connectivity index (χ0) is 13.4. The van der Waals surface area contributed by atoms with Gasteiger partial charge >= 0.3 is 0 Å². The van der Waals surface area contributed by atoms with Gasteiger partial charge in [0.25, 0.3) is 0 Å². The second-order valence-electron chi connectivity index (χ2n) is 5.92. The number of benzene rings is 2. The molecule has 20 heavy (non-hydrogen) atoms. The van der Waals surface area contributed by atoms with E-state index in [2.05, 4.69) is 71.3 Å². The molecule has 0 bridgehead atoms. The highest BCUT2D eigenvalue weighted by Crippen LogP contribution is 2.43. The van der Waals surface area contributed by atoms with E-state index in [1.165, 1.54) is 11.1 Å². The van der Waals surface area contributed by atoms with E-state index in [1.54, 1.807) is 0 Å². The Hall–Kier alpha value is -1.64. The summed E-state index contributed by atoms with van der Waals surface area (Å²) in [7, 11) is 0. The fourth-order valence-corrected chi connectivity index (χ4v) is 3.91. The minimum absolute atomic E-state index is 0.502. The molecule has 0 aromatic heterocycles. The Labute approximate surface area is 120 Å². The van der Waals surface area contributed by atoms with Gasteiger partial charge in [-0.25, -0.2) is 0 Å². The third-order valence-electron chi connectivity index (χ3n) is 4.87. The molecule has 102 valence electrons. The van der Waals surface area contributed by atoms with E-state index in [0.29, 0.717) is 23.9 Å². The standard InChI is InChI=1S/C18H20N2/c1-3-7-13(8-4-1)17-15-11-20-18(16(15)12-19-17)14-9-5-2-6-10-14/h1-10,15-20H,11-12H2. The van der Waals surface area contributed by atoms with Gasteiger partial charge in [0, 0.05) is 25.2 Å². The largest absolute Gasteiger partial charge is 0.309 e. The van der Waals surface area contributed by atoms with Gasteiger partial charge < -0.3 is 10.6 Å². The molecule has 2 aromatic carbocycles. The maximum absolute atomic E-state index is 3.73. The van der Waals surface area contributed by atoms with Gasteiger partial charge in [0.1, 0.15) is 0 Å². The molecule has 2 aliphatic rings. The number of nitrogens with one attached hydrogen (secondary N) is 2. The summed E-state index contributed by atoms with van der Waals surface area (Å²) in [6.07, 6.45) is 0. The van der Waals surface area contributed by atoms with Gasteiger partial charge in [0.05, 0.1) is 0 Å². The Morgan fingerprint density at radius 1 is 0.600 bits per heavy atom. The summed E-state index contributed by atoms with van der Waals surface area (Å²) in [5, 5.41) is 7.47. The lowest BCUT2D eigenvalue weighted by Gasteiger charge is -2.19. The number of hydrogen-bond acceptors (Lipinski definition) is 2. The van der Waals surface area contributed by atoms with E-state index in [1.807, 2.05) is 0 Å². The normalized spacial score (nSPS) is 32.2. The van der Waals surface area contributed by atoms with Crippen LogP contribution in [0.1, 0.15) is 23.2 Å². The van der Waals surface area contributed by atoms with Crippen molar-refractivity contribution in [3.63, 3.8) is 0 Å². The van der Waals surface area contributed by atoms with Gasteiger partial charge in [-0.3, -0.25) is 0 Å². The molecule has 0 radical (unpaired) electrons. The maximum Gasteiger partial charge on any atom is 0.0364 e. The van der Waals surface area contributed by atoms with E-state index < -0.39 is 0 Å². The molecule has 2 heterocycles. The quantitative estimate of drug-likeness (QED) is 0.871. The summed E-state index contributed by atoms with van der Waals surface area (Å²) in [6.45, 7) is 2.22. The molecule has 2 aromatic rings. The maximum atomic E-state index is 3.73. The number of fused-ring (bicyclic) bond motifs is 1. The number of rotatable bonds is 2. The van der Waals surface area contributed by atoms with Crippen LogP contribution in [-0.2, 0) is 0 Å². The average Bonchev–Trinajstić information content (AvgIpc) is 3.10. The van der Waals surface area contributed by atoms with Gasteiger partial charge in [0.15, 0.2) is 0 Å². The van der Waals surface area contributed by atoms with E-state index in [9.17, 15) is 0 Å². The fourth-order valence-electron chi connectivity index (χ4n) is 3.91. The highest BCUT2D eigenvalue weighted by Gasteiger charge is 2.45. The van der Waals surface area contributed by atoms with Crippen LogP contribution in [-0.4, -0.2) is 13.1 Å². The SMILES string of the molecule is c1ccc(C2NCC3C(c4ccccc4)NCC23)cc1. The van der Waals surface area contributed by atoms with Crippen LogP contribution in [0.4, 0.5) is 0 Å². The molecule has 2 aliphatic heterocycles. The molecule has 2 fully saturated rings. The van der Waals surface area contributed by atoms with Crippen molar-refractivity contribution in [2.45, 2.75) is 12.1 Å². The van der Waals surface area contributed by atoms with Crippen LogP contribution in [0.5, 0.6) is 0 Å². The molecule has 2 heteroatoms. The van der Waals surface area contributed by atoms with Crippen LogP contribution in [0.3, 0.4) is 0 Å². The second kappa shape index (κ2) is 5.04. The minimum Gasteiger partial charge on any atom is -0.309 e. The van der Waals surface area contributed by atoms with Crippen molar-refractivity contribution < 1.29 is 0 Å². The van der Waals surface area contributed by atoms with Crippen LogP contribution in [0.25, 0.3) is 0 Å². The molecular weight excluding hydrogens is 244 g/mol. The Morgan fingerprint density at radius 2 is 1.00 bits per heavy atom. The molecule has 2 saturated heterocycles. The summed E-state index contributed by atoms with van der Waals surface area (Å²) < 4.78 is 0. The predicted molar refractivity (Wildman–Crippen MR) is 81.4 cm³/mol. The molecule has 0 aliphatic carbocycles. The molecule has 2 nitrogen and oxygen atoms in total. The smallest absolute Gasteiger partial charge is 0.0364 e. The molecule has 2 N–H and O–H groups in total. The highest BCUT2D eigenvalue weighted by atomic mass is 15.1.